The molecule has 0 saturated heterocycles. The lowest BCUT2D eigenvalue weighted by molar-refractivity contribution is -0.126. The summed E-state index contributed by atoms with van der Waals surface area (Å²) in [5.74, 6) is -8.76. The van der Waals surface area contributed by atoms with Crippen LogP contribution in [0.5, 0.6) is 5.75 Å². The standard InChI is InChI=1S/C21H17ClF4O3/c1-11-2-3-12(8-14(11)22)21(6-7-21)17(28)5-4-13(27)10-29-20-18(25)15(23)9-16(24)19(20)26/h2-3,8-9H,4-7,10H2,1H3. The first-order valence-electron chi connectivity index (χ1n) is 8.93. The molecule has 1 aliphatic carbocycles. The van der Waals surface area contributed by atoms with Crippen molar-refractivity contribution in [2.24, 2.45) is 0 Å². The topological polar surface area (TPSA) is 43.4 Å². The molecule has 0 unspecified atom stereocenters. The molecule has 3 nitrogen and oxygen atoms in total. The van der Waals surface area contributed by atoms with E-state index in [-0.39, 0.29) is 24.7 Å². The average Bonchev–Trinajstić information content (AvgIpc) is 3.48. The Morgan fingerprint density at radius 3 is 2.21 bits per heavy atom. The van der Waals surface area contributed by atoms with Crippen molar-refractivity contribution in [1.82, 2.24) is 0 Å². The van der Waals surface area contributed by atoms with E-state index in [0.717, 1.165) is 11.1 Å². The Morgan fingerprint density at radius 1 is 1.03 bits per heavy atom. The molecule has 8 heteroatoms. The minimum Gasteiger partial charge on any atom is -0.480 e. The van der Waals surface area contributed by atoms with Crippen LogP contribution in [0.3, 0.4) is 0 Å². The van der Waals surface area contributed by atoms with Crippen LogP contribution in [0.25, 0.3) is 0 Å². The molecule has 2 aromatic rings. The minimum atomic E-state index is -1.72. The van der Waals surface area contributed by atoms with E-state index in [4.69, 9.17) is 11.6 Å². The lowest BCUT2D eigenvalue weighted by Gasteiger charge is -2.15. The zero-order chi connectivity index (χ0) is 21.3. The van der Waals surface area contributed by atoms with Crippen LogP contribution in [-0.2, 0) is 15.0 Å². The Hall–Kier alpha value is -2.41. The highest BCUT2D eigenvalue weighted by atomic mass is 35.5. The third kappa shape index (κ3) is 4.29. The minimum absolute atomic E-state index is 0.0461. The number of carbonyl (C=O) groups is 2. The number of hydrogen-bond acceptors (Lipinski definition) is 3. The van der Waals surface area contributed by atoms with Crippen molar-refractivity contribution in [2.45, 2.75) is 38.0 Å². The quantitative estimate of drug-likeness (QED) is 0.427. The van der Waals surface area contributed by atoms with Crippen molar-refractivity contribution in [3.8, 4) is 5.75 Å². The number of rotatable bonds is 8. The Bertz CT molecular complexity index is 960. The van der Waals surface area contributed by atoms with E-state index in [0.29, 0.717) is 17.9 Å². The SMILES string of the molecule is Cc1ccc(C2(C(=O)CCC(=O)COc3c(F)c(F)cc(F)c3F)CC2)cc1Cl. The summed E-state index contributed by atoms with van der Waals surface area (Å²) in [6.45, 7) is 1.04. The van der Waals surface area contributed by atoms with Crippen molar-refractivity contribution in [1.29, 1.82) is 0 Å². The molecule has 2 aromatic carbocycles. The number of halogens is 5. The van der Waals surface area contributed by atoms with Crippen molar-refractivity contribution < 1.29 is 31.9 Å². The fourth-order valence-electron chi connectivity index (χ4n) is 3.14. The predicted molar refractivity (Wildman–Crippen MR) is 98.1 cm³/mol. The van der Waals surface area contributed by atoms with Gasteiger partial charge in [-0.25, -0.2) is 8.78 Å². The molecule has 0 heterocycles. The second-order valence-electron chi connectivity index (χ2n) is 7.09. The number of benzene rings is 2. The molecule has 1 aliphatic rings. The van der Waals surface area contributed by atoms with E-state index in [9.17, 15) is 27.2 Å². The number of hydrogen-bond donors (Lipinski definition) is 0. The van der Waals surface area contributed by atoms with Gasteiger partial charge in [0.05, 0.1) is 5.41 Å². The van der Waals surface area contributed by atoms with Gasteiger partial charge in [-0.05, 0) is 37.0 Å². The van der Waals surface area contributed by atoms with E-state index < -0.39 is 46.8 Å². The van der Waals surface area contributed by atoms with Gasteiger partial charge >= 0.3 is 0 Å². The van der Waals surface area contributed by atoms with Crippen LogP contribution in [0, 0.1) is 30.2 Å². The number of ether oxygens (including phenoxy) is 1. The molecular formula is C21H17ClF4O3. The van der Waals surface area contributed by atoms with Crippen LogP contribution in [0.2, 0.25) is 5.02 Å². The van der Waals surface area contributed by atoms with E-state index in [1.165, 1.54) is 0 Å². The van der Waals surface area contributed by atoms with Crippen molar-refractivity contribution >= 4 is 23.2 Å². The van der Waals surface area contributed by atoms with Crippen LogP contribution < -0.4 is 4.74 Å². The van der Waals surface area contributed by atoms with Gasteiger partial charge in [0.1, 0.15) is 12.4 Å². The highest BCUT2D eigenvalue weighted by Crippen LogP contribution is 2.50. The second-order valence-corrected chi connectivity index (χ2v) is 7.50. The smallest absolute Gasteiger partial charge is 0.203 e. The summed E-state index contributed by atoms with van der Waals surface area (Å²) in [5.41, 5.74) is 1.02. The second kappa shape index (κ2) is 8.14. The average molecular weight is 429 g/mol. The first-order valence-corrected chi connectivity index (χ1v) is 9.31. The fourth-order valence-corrected chi connectivity index (χ4v) is 3.32. The largest absolute Gasteiger partial charge is 0.480 e. The van der Waals surface area contributed by atoms with Gasteiger partial charge in [-0.2, -0.15) is 8.78 Å². The van der Waals surface area contributed by atoms with Gasteiger partial charge in [-0.3, -0.25) is 9.59 Å². The summed E-state index contributed by atoms with van der Waals surface area (Å²) in [5, 5.41) is 0.553. The number of carbonyl (C=O) groups excluding carboxylic acids is 2. The first-order chi connectivity index (χ1) is 13.7. The summed E-state index contributed by atoms with van der Waals surface area (Å²) in [7, 11) is 0. The Kier molecular flexibility index (Phi) is 5.98. The van der Waals surface area contributed by atoms with Crippen LogP contribution in [0.4, 0.5) is 17.6 Å². The Balaban J connectivity index is 1.59. The van der Waals surface area contributed by atoms with Crippen molar-refractivity contribution in [2.75, 3.05) is 6.61 Å². The molecule has 0 radical (unpaired) electrons. The van der Waals surface area contributed by atoms with Crippen LogP contribution >= 0.6 is 11.6 Å². The molecule has 0 atom stereocenters. The summed E-state index contributed by atoms with van der Waals surface area (Å²) >= 11 is 6.13. The van der Waals surface area contributed by atoms with Gasteiger partial charge in [0, 0.05) is 23.9 Å². The maximum absolute atomic E-state index is 13.5. The van der Waals surface area contributed by atoms with Gasteiger partial charge in [-0.15, -0.1) is 0 Å². The molecule has 0 aromatic heterocycles. The zero-order valence-electron chi connectivity index (χ0n) is 15.5. The zero-order valence-corrected chi connectivity index (χ0v) is 16.2. The molecule has 154 valence electrons. The molecule has 0 bridgehead atoms. The molecule has 0 amide bonds. The van der Waals surface area contributed by atoms with E-state index in [1.807, 2.05) is 19.1 Å². The van der Waals surface area contributed by atoms with Crippen LogP contribution in [-0.4, -0.2) is 18.2 Å². The molecule has 29 heavy (non-hydrogen) atoms. The predicted octanol–water partition coefficient (Wildman–Crippen LogP) is 5.23. The van der Waals surface area contributed by atoms with Gasteiger partial charge in [0.15, 0.2) is 23.2 Å². The van der Waals surface area contributed by atoms with E-state index in [1.54, 1.807) is 6.07 Å². The lowest BCUT2D eigenvalue weighted by atomic mass is 9.88. The molecule has 0 N–H and O–H groups in total. The lowest BCUT2D eigenvalue weighted by Crippen LogP contribution is -2.22. The highest BCUT2D eigenvalue weighted by Gasteiger charge is 2.50. The fraction of sp³-hybridized carbons (Fsp3) is 0.333. The molecule has 3 rings (SSSR count). The maximum atomic E-state index is 13.5. The van der Waals surface area contributed by atoms with E-state index >= 15 is 0 Å². The summed E-state index contributed by atoms with van der Waals surface area (Å²) < 4.78 is 58.0. The Morgan fingerprint density at radius 2 is 1.66 bits per heavy atom. The summed E-state index contributed by atoms with van der Waals surface area (Å²) in [6, 6.07) is 5.45. The maximum Gasteiger partial charge on any atom is 0.203 e. The number of Topliss-reactive ketones (excluding diaryl/α,β-unsaturated/α-hetero) is 2. The van der Waals surface area contributed by atoms with Crippen molar-refractivity contribution in [3.63, 3.8) is 0 Å². The highest BCUT2D eigenvalue weighted by molar-refractivity contribution is 6.31. The van der Waals surface area contributed by atoms with Gasteiger partial charge in [0.2, 0.25) is 11.6 Å². The molecule has 0 aliphatic heterocycles. The molecule has 1 saturated carbocycles. The Labute approximate surface area is 169 Å². The number of aryl methyl sites for hydroxylation is 1. The normalized spacial score (nSPS) is 14.6. The summed E-state index contributed by atoms with van der Waals surface area (Å²) in [6.07, 6.45) is 0.987. The summed E-state index contributed by atoms with van der Waals surface area (Å²) in [4.78, 5) is 24.6. The van der Waals surface area contributed by atoms with Crippen LogP contribution in [0.1, 0.15) is 36.8 Å². The van der Waals surface area contributed by atoms with Gasteiger partial charge in [-0.1, -0.05) is 23.7 Å². The molecule has 0 spiro atoms. The molecular weight excluding hydrogens is 412 g/mol. The third-order valence-electron chi connectivity index (χ3n) is 5.09. The van der Waals surface area contributed by atoms with Crippen LogP contribution in [0.15, 0.2) is 24.3 Å². The molecule has 1 fully saturated rings. The van der Waals surface area contributed by atoms with E-state index in [2.05, 4.69) is 4.74 Å². The number of ketones is 2. The monoisotopic (exact) mass is 428 g/mol. The van der Waals surface area contributed by atoms with Gasteiger partial charge < -0.3 is 4.74 Å². The third-order valence-corrected chi connectivity index (χ3v) is 5.50. The van der Waals surface area contributed by atoms with Crippen molar-refractivity contribution in [3.05, 3.63) is 63.7 Å². The van der Waals surface area contributed by atoms with Gasteiger partial charge in [0.25, 0.3) is 0 Å². The first kappa shape index (κ1) is 21.3.